The van der Waals surface area contributed by atoms with Gasteiger partial charge in [-0.15, -0.1) is 0 Å². The number of nitrogens with zero attached hydrogens (tertiary/aromatic N) is 1. The predicted octanol–water partition coefficient (Wildman–Crippen LogP) is 2.40. The SMILES string of the molecule is C[C@@H]1C[C@@H]1c1ccc(/C=C/C(=O)N2CCC(O)CC2)o1. The maximum atomic E-state index is 12.0. The Hall–Kier alpha value is -1.55. The van der Waals surface area contributed by atoms with Gasteiger partial charge in [0, 0.05) is 25.1 Å². The first-order valence-electron chi connectivity index (χ1n) is 7.38. The molecule has 1 aromatic rings. The number of amides is 1. The summed E-state index contributed by atoms with van der Waals surface area (Å²) in [7, 11) is 0. The fourth-order valence-electron chi connectivity index (χ4n) is 2.72. The zero-order chi connectivity index (χ0) is 14.1. The molecule has 0 bridgehead atoms. The fraction of sp³-hybridized carbons (Fsp3) is 0.562. The van der Waals surface area contributed by atoms with Crippen LogP contribution < -0.4 is 0 Å². The Kier molecular flexibility index (Phi) is 3.66. The van der Waals surface area contributed by atoms with Crippen LogP contribution in [0.5, 0.6) is 0 Å². The normalized spacial score (nSPS) is 27.2. The number of aliphatic hydroxyl groups excluding tert-OH is 1. The summed E-state index contributed by atoms with van der Waals surface area (Å²) in [6, 6.07) is 3.93. The summed E-state index contributed by atoms with van der Waals surface area (Å²) in [5.41, 5.74) is 0. The van der Waals surface area contributed by atoms with E-state index in [9.17, 15) is 9.90 Å². The Bertz CT molecular complexity index is 512. The smallest absolute Gasteiger partial charge is 0.246 e. The van der Waals surface area contributed by atoms with Crippen molar-refractivity contribution in [3.05, 3.63) is 29.7 Å². The molecule has 1 saturated heterocycles. The average molecular weight is 275 g/mol. The summed E-state index contributed by atoms with van der Waals surface area (Å²) in [6.07, 6.45) is 5.59. The Morgan fingerprint density at radius 1 is 1.40 bits per heavy atom. The van der Waals surface area contributed by atoms with Crippen LogP contribution in [0.2, 0.25) is 0 Å². The molecule has 1 aliphatic heterocycles. The highest BCUT2D eigenvalue weighted by molar-refractivity contribution is 5.91. The van der Waals surface area contributed by atoms with Gasteiger partial charge in [-0.05, 0) is 43.4 Å². The van der Waals surface area contributed by atoms with Gasteiger partial charge in [0.1, 0.15) is 11.5 Å². The van der Waals surface area contributed by atoms with Gasteiger partial charge in [0.2, 0.25) is 5.91 Å². The summed E-state index contributed by atoms with van der Waals surface area (Å²) in [5.74, 6) is 3.06. The van der Waals surface area contributed by atoms with Crippen molar-refractivity contribution in [2.24, 2.45) is 5.92 Å². The summed E-state index contributed by atoms with van der Waals surface area (Å²) < 4.78 is 5.74. The van der Waals surface area contributed by atoms with E-state index in [1.165, 1.54) is 6.42 Å². The Morgan fingerprint density at radius 2 is 2.10 bits per heavy atom. The molecule has 20 heavy (non-hydrogen) atoms. The van der Waals surface area contributed by atoms with Gasteiger partial charge in [-0.2, -0.15) is 0 Å². The molecule has 4 heteroatoms. The quantitative estimate of drug-likeness (QED) is 0.862. The second-order valence-corrected chi connectivity index (χ2v) is 5.95. The molecular formula is C16H21NO3. The van der Waals surface area contributed by atoms with E-state index >= 15 is 0 Å². The van der Waals surface area contributed by atoms with Crippen LogP contribution in [0.3, 0.4) is 0 Å². The number of rotatable bonds is 3. The van der Waals surface area contributed by atoms with E-state index in [0.29, 0.717) is 31.8 Å². The van der Waals surface area contributed by atoms with Crippen molar-refractivity contribution < 1.29 is 14.3 Å². The second kappa shape index (κ2) is 5.44. The number of piperidine rings is 1. The van der Waals surface area contributed by atoms with E-state index in [1.54, 1.807) is 17.1 Å². The molecule has 0 spiro atoms. The number of hydrogen-bond donors (Lipinski definition) is 1. The van der Waals surface area contributed by atoms with E-state index in [1.807, 2.05) is 12.1 Å². The minimum Gasteiger partial charge on any atom is -0.461 e. The predicted molar refractivity (Wildman–Crippen MR) is 76.1 cm³/mol. The number of carbonyl (C=O) groups excluding carboxylic acids is 1. The molecule has 108 valence electrons. The topological polar surface area (TPSA) is 53.7 Å². The zero-order valence-corrected chi connectivity index (χ0v) is 11.8. The van der Waals surface area contributed by atoms with E-state index in [0.717, 1.165) is 17.4 Å². The number of likely N-dealkylation sites (tertiary alicyclic amines) is 1. The average Bonchev–Trinajstić information content (AvgIpc) is 3.00. The van der Waals surface area contributed by atoms with E-state index in [-0.39, 0.29) is 12.0 Å². The third-order valence-corrected chi connectivity index (χ3v) is 4.29. The zero-order valence-electron chi connectivity index (χ0n) is 11.8. The van der Waals surface area contributed by atoms with Gasteiger partial charge >= 0.3 is 0 Å². The van der Waals surface area contributed by atoms with Crippen LogP contribution in [0.25, 0.3) is 6.08 Å². The van der Waals surface area contributed by atoms with E-state index in [4.69, 9.17) is 4.42 Å². The Labute approximate surface area is 119 Å². The molecule has 2 aliphatic rings. The standard InChI is InChI=1S/C16H21NO3/c1-11-10-14(11)15-4-2-13(20-15)3-5-16(19)17-8-6-12(18)7-9-17/h2-5,11-12,14,18H,6-10H2,1H3/b5-3+/t11-,14+/m1/s1. The summed E-state index contributed by atoms with van der Waals surface area (Å²) >= 11 is 0. The Balaban J connectivity index is 1.56. The molecule has 2 heterocycles. The largest absolute Gasteiger partial charge is 0.461 e. The number of aliphatic hydroxyl groups is 1. The van der Waals surface area contributed by atoms with E-state index < -0.39 is 0 Å². The molecule has 0 unspecified atom stereocenters. The van der Waals surface area contributed by atoms with Crippen molar-refractivity contribution in [1.29, 1.82) is 0 Å². The second-order valence-electron chi connectivity index (χ2n) is 5.95. The molecule has 2 atom stereocenters. The van der Waals surface area contributed by atoms with Crippen molar-refractivity contribution in [2.75, 3.05) is 13.1 Å². The fourth-order valence-corrected chi connectivity index (χ4v) is 2.72. The van der Waals surface area contributed by atoms with Crippen LogP contribution >= 0.6 is 0 Å². The van der Waals surface area contributed by atoms with Crippen molar-refractivity contribution in [1.82, 2.24) is 4.90 Å². The third-order valence-electron chi connectivity index (χ3n) is 4.29. The van der Waals surface area contributed by atoms with Crippen LogP contribution in [0.1, 0.15) is 43.6 Å². The van der Waals surface area contributed by atoms with Crippen molar-refractivity contribution in [3.8, 4) is 0 Å². The van der Waals surface area contributed by atoms with Crippen LogP contribution in [-0.4, -0.2) is 35.1 Å². The maximum absolute atomic E-state index is 12.0. The molecular weight excluding hydrogens is 254 g/mol. The minimum atomic E-state index is -0.254. The van der Waals surface area contributed by atoms with Gasteiger partial charge in [-0.1, -0.05) is 6.92 Å². The maximum Gasteiger partial charge on any atom is 0.246 e. The van der Waals surface area contributed by atoms with Gasteiger partial charge in [-0.3, -0.25) is 4.79 Å². The van der Waals surface area contributed by atoms with Crippen LogP contribution in [0, 0.1) is 5.92 Å². The minimum absolute atomic E-state index is 0.00496. The van der Waals surface area contributed by atoms with Crippen molar-refractivity contribution in [3.63, 3.8) is 0 Å². The number of furan rings is 1. The molecule has 0 radical (unpaired) electrons. The monoisotopic (exact) mass is 275 g/mol. The molecule has 4 nitrogen and oxygen atoms in total. The van der Waals surface area contributed by atoms with Gasteiger partial charge in [-0.25, -0.2) is 0 Å². The number of carbonyl (C=O) groups is 1. The first-order chi connectivity index (χ1) is 9.63. The molecule has 2 fully saturated rings. The number of hydrogen-bond acceptors (Lipinski definition) is 3. The van der Waals surface area contributed by atoms with Crippen molar-refractivity contribution >= 4 is 12.0 Å². The highest BCUT2D eigenvalue weighted by atomic mass is 16.3. The van der Waals surface area contributed by atoms with Gasteiger partial charge in [0.15, 0.2) is 0 Å². The van der Waals surface area contributed by atoms with Crippen molar-refractivity contribution in [2.45, 2.75) is 38.2 Å². The highest BCUT2D eigenvalue weighted by Gasteiger charge is 2.36. The first kappa shape index (κ1) is 13.4. The first-order valence-corrected chi connectivity index (χ1v) is 7.38. The lowest BCUT2D eigenvalue weighted by Crippen LogP contribution is -2.39. The lowest BCUT2D eigenvalue weighted by Gasteiger charge is -2.28. The Morgan fingerprint density at radius 3 is 2.75 bits per heavy atom. The summed E-state index contributed by atoms with van der Waals surface area (Å²) in [5, 5.41) is 9.43. The summed E-state index contributed by atoms with van der Waals surface area (Å²) in [4.78, 5) is 13.8. The molecule has 1 saturated carbocycles. The molecule has 1 aliphatic carbocycles. The molecule has 1 aromatic heterocycles. The van der Waals surface area contributed by atoms with E-state index in [2.05, 4.69) is 6.92 Å². The van der Waals surface area contributed by atoms with Gasteiger partial charge in [0.05, 0.1) is 6.10 Å². The summed E-state index contributed by atoms with van der Waals surface area (Å²) in [6.45, 7) is 3.48. The molecule has 1 amide bonds. The van der Waals surface area contributed by atoms with Gasteiger partial charge < -0.3 is 14.4 Å². The van der Waals surface area contributed by atoms with Gasteiger partial charge in [0.25, 0.3) is 0 Å². The van der Waals surface area contributed by atoms with Crippen LogP contribution in [0.4, 0.5) is 0 Å². The lowest BCUT2D eigenvalue weighted by atomic mass is 10.1. The third kappa shape index (κ3) is 2.96. The molecule has 3 rings (SSSR count). The highest BCUT2D eigenvalue weighted by Crippen LogP contribution is 2.47. The van der Waals surface area contributed by atoms with Crippen LogP contribution in [-0.2, 0) is 4.79 Å². The molecule has 1 N–H and O–H groups in total. The molecule has 0 aromatic carbocycles. The lowest BCUT2D eigenvalue weighted by molar-refractivity contribution is -0.127. The van der Waals surface area contributed by atoms with Crippen LogP contribution in [0.15, 0.2) is 22.6 Å².